The molecule has 0 radical (unpaired) electrons. The van der Waals surface area contributed by atoms with Crippen molar-refractivity contribution in [1.82, 2.24) is 15.3 Å². The number of nitrogens with one attached hydrogen (secondary N) is 3. The number of nitrogens with zero attached hydrogens (tertiary/aromatic N) is 2. The molecule has 0 aliphatic carbocycles. The fourth-order valence-electron chi connectivity index (χ4n) is 2.09. The number of allylic oxidation sites excluding steroid dienone is 1. The van der Waals surface area contributed by atoms with E-state index in [1.54, 1.807) is 13.1 Å². The van der Waals surface area contributed by atoms with Crippen LogP contribution in [0.3, 0.4) is 0 Å². The highest BCUT2D eigenvalue weighted by Gasteiger charge is 2.12. The Balaban J connectivity index is 2.44. The normalized spacial score (nSPS) is 11.1. The van der Waals surface area contributed by atoms with Crippen LogP contribution in [0, 0.1) is 5.41 Å². The summed E-state index contributed by atoms with van der Waals surface area (Å²) in [7, 11) is 3.63. The van der Waals surface area contributed by atoms with Crippen LogP contribution in [0.5, 0.6) is 0 Å². The zero-order chi connectivity index (χ0) is 16.1. The third kappa shape index (κ3) is 3.22. The first kappa shape index (κ1) is 15.5. The maximum absolute atomic E-state index is 8.39. The lowest BCUT2D eigenvalue weighted by Crippen LogP contribution is -2.09. The van der Waals surface area contributed by atoms with Gasteiger partial charge < -0.3 is 16.4 Å². The topological polar surface area (TPSA) is 99.7 Å². The molecule has 5 N–H and O–H groups in total. The zero-order valence-electron chi connectivity index (χ0n) is 12.9. The minimum absolute atomic E-state index is 0.274. The Morgan fingerprint density at radius 3 is 2.68 bits per heavy atom. The number of aromatic nitrogens is 2. The molecule has 0 bridgehead atoms. The molecule has 1 aromatic carbocycles. The van der Waals surface area contributed by atoms with E-state index in [1.165, 1.54) is 6.33 Å². The van der Waals surface area contributed by atoms with E-state index in [0.29, 0.717) is 22.8 Å². The molecule has 0 saturated heterocycles. The lowest BCUT2D eigenvalue weighted by molar-refractivity contribution is 1.10. The fraction of sp³-hybridized carbons (Fsp3) is 0.188. The van der Waals surface area contributed by atoms with E-state index in [9.17, 15) is 0 Å². The summed E-state index contributed by atoms with van der Waals surface area (Å²) < 4.78 is 0. The molecule has 0 aliphatic rings. The van der Waals surface area contributed by atoms with Gasteiger partial charge in [-0.1, -0.05) is 6.07 Å². The lowest BCUT2D eigenvalue weighted by Gasteiger charge is -2.11. The zero-order valence-corrected chi connectivity index (χ0v) is 12.9. The molecule has 1 heterocycles. The van der Waals surface area contributed by atoms with Gasteiger partial charge in [0.2, 0.25) is 0 Å². The minimum Gasteiger partial charge on any atom is -0.398 e. The molecular formula is C16H20N6. The van der Waals surface area contributed by atoms with Crippen molar-refractivity contribution in [2.24, 2.45) is 0 Å². The summed E-state index contributed by atoms with van der Waals surface area (Å²) >= 11 is 0. The molecule has 0 unspecified atom stereocenters. The van der Waals surface area contributed by atoms with Crippen molar-refractivity contribution in [2.75, 3.05) is 25.1 Å². The highest BCUT2D eigenvalue weighted by molar-refractivity contribution is 6.13. The van der Waals surface area contributed by atoms with E-state index in [2.05, 4.69) is 20.6 Å². The summed E-state index contributed by atoms with van der Waals surface area (Å²) in [6.45, 7) is 2.00. The minimum atomic E-state index is 0.274. The molecule has 2 rings (SSSR count). The molecule has 114 valence electrons. The van der Waals surface area contributed by atoms with Gasteiger partial charge in [-0.2, -0.15) is 0 Å². The van der Waals surface area contributed by atoms with Crippen LogP contribution in [0.15, 0.2) is 36.8 Å². The Kier molecular flexibility index (Phi) is 4.73. The maximum atomic E-state index is 8.39. The fourth-order valence-corrected chi connectivity index (χ4v) is 2.09. The van der Waals surface area contributed by atoms with Crippen molar-refractivity contribution in [2.45, 2.75) is 6.92 Å². The third-order valence-electron chi connectivity index (χ3n) is 3.32. The van der Waals surface area contributed by atoms with Gasteiger partial charge in [-0.25, -0.2) is 9.97 Å². The number of hydrogen-bond acceptors (Lipinski definition) is 6. The Labute approximate surface area is 130 Å². The van der Waals surface area contributed by atoms with Gasteiger partial charge in [-0.3, -0.25) is 5.41 Å². The molecule has 2 aromatic rings. The molecule has 6 nitrogen and oxygen atoms in total. The first-order chi connectivity index (χ1) is 10.6. The van der Waals surface area contributed by atoms with Gasteiger partial charge in [-0.15, -0.1) is 0 Å². The number of hydrogen-bond donors (Lipinski definition) is 4. The molecular weight excluding hydrogens is 276 g/mol. The van der Waals surface area contributed by atoms with E-state index < -0.39 is 0 Å². The lowest BCUT2D eigenvalue weighted by atomic mass is 9.99. The van der Waals surface area contributed by atoms with Crippen LogP contribution in [0.25, 0.3) is 5.57 Å². The SMILES string of the molecule is CN/C=C(\C)c1ccc(N)c(C(=N)c2cc(NC)ncn2)c1. The monoisotopic (exact) mass is 296 g/mol. The predicted molar refractivity (Wildman–Crippen MR) is 91.1 cm³/mol. The van der Waals surface area contributed by atoms with Crippen molar-refractivity contribution in [3.05, 3.63) is 53.6 Å². The Morgan fingerprint density at radius 2 is 2.00 bits per heavy atom. The first-order valence-electron chi connectivity index (χ1n) is 6.90. The molecule has 0 spiro atoms. The van der Waals surface area contributed by atoms with Crippen molar-refractivity contribution in [3.8, 4) is 0 Å². The summed E-state index contributed by atoms with van der Waals surface area (Å²) in [5.74, 6) is 0.663. The first-order valence-corrected chi connectivity index (χ1v) is 6.90. The van der Waals surface area contributed by atoms with Gasteiger partial charge in [0.05, 0.1) is 11.4 Å². The van der Waals surface area contributed by atoms with Crippen LogP contribution in [0.4, 0.5) is 11.5 Å². The number of nitrogens with two attached hydrogens (primary N) is 1. The summed E-state index contributed by atoms with van der Waals surface area (Å²) in [6.07, 6.45) is 3.34. The Bertz CT molecular complexity index is 720. The molecule has 0 fully saturated rings. The van der Waals surface area contributed by atoms with Crippen molar-refractivity contribution >= 4 is 22.8 Å². The van der Waals surface area contributed by atoms with Gasteiger partial charge in [-0.05, 0) is 36.4 Å². The average Bonchev–Trinajstić information content (AvgIpc) is 2.55. The highest BCUT2D eigenvalue weighted by atomic mass is 15.0. The Hall–Kier alpha value is -2.89. The van der Waals surface area contributed by atoms with Gasteiger partial charge in [0, 0.05) is 31.4 Å². The van der Waals surface area contributed by atoms with E-state index in [0.717, 1.165) is 11.1 Å². The number of nitrogen functional groups attached to an aromatic ring is 1. The summed E-state index contributed by atoms with van der Waals surface area (Å²) in [5, 5.41) is 14.3. The van der Waals surface area contributed by atoms with Crippen LogP contribution in [0.2, 0.25) is 0 Å². The number of benzene rings is 1. The molecule has 1 aromatic heterocycles. The molecule has 0 aliphatic heterocycles. The van der Waals surface area contributed by atoms with E-state index >= 15 is 0 Å². The molecule has 22 heavy (non-hydrogen) atoms. The largest absolute Gasteiger partial charge is 0.398 e. The molecule has 0 saturated carbocycles. The van der Waals surface area contributed by atoms with Crippen molar-refractivity contribution < 1.29 is 0 Å². The Morgan fingerprint density at radius 1 is 1.23 bits per heavy atom. The summed E-state index contributed by atoms with van der Waals surface area (Å²) in [4.78, 5) is 8.22. The average molecular weight is 296 g/mol. The second kappa shape index (κ2) is 6.71. The summed E-state index contributed by atoms with van der Waals surface area (Å²) in [6, 6.07) is 7.38. The van der Waals surface area contributed by atoms with Gasteiger partial charge >= 0.3 is 0 Å². The second-order valence-electron chi connectivity index (χ2n) is 4.83. The van der Waals surface area contributed by atoms with Crippen molar-refractivity contribution in [3.63, 3.8) is 0 Å². The van der Waals surface area contributed by atoms with Gasteiger partial charge in [0.1, 0.15) is 12.1 Å². The number of rotatable bonds is 5. The highest BCUT2D eigenvalue weighted by Crippen LogP contribution is 2.22. The molecule has 0 atom stereocenters. The molecule has 0 amide bonds. The maximum Gasteiger partial charge on any atom is 0.129 e. The van der Waals surface area contributed by atoms with Gasteiger partial charge in [0.15, 0.2) is 0 Å². The quantitative estimate of drug-likeness (QED) is 0.500. The third-order valence-corrected chi connectivity index (χ3v) is 3.32. The molecule has 6 heteroatoms. The summed E-state index contributed by atoms with van der Waals surface area (Å²) in [5.41, 5.74) is 10.1. The van der Waals surface area contributed by atoms with Crippen LogP contribution in [-0.2, 0) is 0 Å². The van der Waals surface area contributed by atoms with Crippen LogP contribution >= 0.6 is 0 Å². The van der Waals surface area contributed by atoms with Gasteiger partial charge in [0.25, 0.3) is 0 Å². The van der Waals surface area contributed by atoms with Crippen LogP contribution in [0.1, 0.15) is 23.7 Å². The van der Waals surface area contributed by atoms with Crippen LogP contribution in [-0.4, -0.2) is 29.8 Å². The van der Waals surface area contributed by atoms with E-state index in [1.807, 2.05) is 38.4 Å². The standard InChI is InChI=1S/C16H20N6/c1-10(8-19-2)11-4-5-13(17)12(6-11)16(18)14-7-15(20-3)22-9-21-14/h4-9,18-19H,17H2,1-3H3,(H,20,21,22)/b10-8+,18-16?. The van der Waals surface area contributed by atoms with Crippen molar-refractivity contribution in [1.29, 1.82) is 5.41 Å². The van der Waals surface area contributed by atoms with E-state index in [-0.39, 0.29) is 5.71 Å². The van der Waals surface area contributed by atoms with E-state index in [4.69, 9.17) is 11.1 Å². The predicted octanol–water partition coefficient (Wildman–Crippen LogP) is 2.10. The smallest absolute Gasteiger partial charge is 0.129 e. The van der Waals surface area contributed by atoms with Crippen LogP contribution < -0.4 is 16.4 Å². The second-order valence-corrected chi connectivity index (χ2v) is 4.83. The number of anilines is 2.